The van der Waals surface area contributed by atoms with E-state index in [1.807, 2.05) is 43.3 Å². The van der Waals surface area contributed by atoms with Crippen molar-refractivity contribution in [2.45, 2.75) is 6.92 Å². The second-order valence-corrected chi connectivity index (χ2v) is 5.84. The van der Waals surface area contributed by atoms with Crippen LogP contribution >= 0.6 is 24.0 Å². The van der Waals surface area contributed by atoms with Crippen LogP contribution in [0.15, 0.2) is 45.7 Å². The molecule has 1 fully saturated rings. The SMILES string of the molecule is Cc1ccc(-c2ccc(/C=C3/SC(=O)NC3=S)o2)cc1. The van der Waals surface area contributed by atoms with Crippen LogP contribution in [0.5, 0.6) is 0 Å². The van der Waals surface area contributed by atoms with Gasteiger partial charge in [-0.05, 0) is 36.9 Å². The smallest absolute Gasteiger partial charge is 0.289 e. The number of thioether (sulfide) groups is 1. The number of furan rings is 1. The average molecular weight is 301 g/mol. The standard InChI is InChI=1S/C15H11NO2S2/c1-9-2-4-10(5-3-9)12-7-6-11(18-12)8-13-14(19)16-15(17)20-13/h2-8H,1H3,(H,16,17,19)/b13-8+. The molecule has 1 N–H and O–H groups in total. The molecule has 1 aliphatic heterocycles. The van der Waals surface area contributed by atoms with Crippen LogP contribution in [0.2, 0.25) is 0 Å². The first kappa shape index (κ1) is 13.1. The summed E-state index contributed by atoms with van der Waals surface area (Å²) in [6, 6.07) is 11.9. The molecule has 1 aromatic carbocycles. The van der Waals surface area contributed by atoms with E-state index in [0.717, 1.165) is 28.0 Å². The van der Waals surface area contributed by atoms with Gasteiger partial charge in [0.2, 0.25) is 0 Å². The molecule has 0 spiro atoms. The first-order chi connectivity index (χ1) is 9.61. The molecular weight excluding hydrogens is 290 g/mol. The minimum atomic E-state index is -0.147. The molecule has 5 heteroatoms. The van der Waals surface area contributed by atoms with Gasteiger partial charge in [-0.25, -0.2) is 0 Å². The molecule has 0 unspecified atom stereocenters. The summed E-state index contributed by atoms with van der Waals surface area (Å²) in [5.74, 6) is 1.48. The number of aryl methyl sites for hydroxylation is 1. The van der Waals surface area contributed by atoms with Crippen LogP contribution in [0.1, 0.15) is 11.3 Å². The zero-order valence-electron chi connectivity index (χ0n) is 10.7. The molecule has 20 heavy (non-hydrogen) atoms. The zero-order valence-corrected chi connectivity index (χ0v) is 12.3. The summed E-state index contributed by atoms with van der Waals surface area (Å²) in [6.07, 6.45) is 1.78. The number of hydrogen-bond donors (Lipinski definition) is 1. The van der Waals surface area contributed by atoms with Crippen molar-refractivity contribution in [1.82, 2.24) is 5.32 Å². The lowest BCUT2D eigenvalue weighted by Gasteiger charge is -1.97. The van der Waals surface area contributed by atoms with E-state index in [2.05, 4.69) is 5.32 Å². The highest BCUT2D eigenvalue weighted by molar-refractivity contribution is 8.19. The number of benzene rings is 1. The molecule has 0 radical (unpaired) electrons. The van der Waals surface area contributed by atoms with E-state index >= 15 is 0 Å². The average Bonchev–Trinajstić information content (AvgIpc) is 2.98. The van der Waals surface area contributed by atoms with Gasteiger partial charge in [-0.2, -0.15) is 0 Å². The Morgan fingerprint density at radius 2 is 1.95 bits per heavy atom. The first-order valence-electron chi connectivity index (χ1n) is 6.03. The third-order valence-corrected chi connectivity index (χ3v) is 4.16. The summed E-state index contributed by atoms with van der Waals surface area (Å²) in [4.78, 5) is 12.4. The molecule has 2 aromatic rings. The van der Waals surface area contributed by atoms with Crippen LogP contribution in [0.4, 0.5) is 4.79 Å². The molecule has 0 aliphatic carbocycles. The van der Waals surface area contributed by atoms with Gasteiger partial charge in [-0.3, -0.25) is 4.79 Å². The van der Waals surface area contributed by atoms with Crippen molar-refractivity contribution < 1.29 is 9.21 Å². The minimum absolute atomic E-state index is 0.147. The fourth-order valence-corrected chi connectivity index (χ4v) is 2.87. The maximum Gasteiger partial charge on any atom is 0.289 e. The topological polar surface area (TPSA) is 42.2 Å². The van der Waals surface area contributed by atoms with E-state index in [0.29, 0.717) is 10.7 Å². The van der Waals surface area contributed by atoms with Crippen molar-refractivity contribution >= 4 is 40.3 Å². The van der Waals surface area contributed by atoms with Crippen LogP contribution in [-0.4, -0.2) is 10.2 Å². The third kappa shape index (κ3) is 2.69. The predicted molar refractivity (Wildman–Crippen MR) is 85.6 cm³/mol. The van der Waals surface area contributed by atoms with Crippen molar-refractivity contribution in [2.24, 2.45) is 0 Å². The quantitative estimate of drug-likeness (QED) is 0.660. The number of nitrogens with one attached hydrogen (secondary N) is 1. The number of rotatable bonds is 2. The second kappa shape index (κ2) is 5.26. The maximum atomic E-state index is 11.2. The number of amides is 1. The summed E-state index contributed by atoms with van der Waals surface area (Å²) in [5.41, 5.74) is 2.23. The maximum absolute atomic E-state index is 11.2. The Labute approximate surface area is 126 Å². The second-order valence-electron chi connectivity index (χ2n) is 4.42. The molecule has 0 atom stereocenters. The molecule has 100 valence electrons. The molecule has 3 rings (SSSR count). The van der Waals surface area contributed by atoms with Gasteiger partial charge >= 0.3 is 0 Å². The molecular formula is C15H11NO2S2. The van der Waals surface area contributed by atoms with Crippen LogP contribution in [-0.2, 0) is 0 Å². The van der Waals surface area contributed by atoms with E-state index in [9.17, 15) is 4.79 Å². The van der Waals surface area contributed by atoms with Crippen LogP contribution in [0, 0.1) is 6.92 Å². The summed E-state index contributed by atoms with van der Waals surface area (Å²) >= 11 is 6.15. The number of carbonyl (C=O) groups excluding carboxylic acids is 1. The van der Waals surface area contributed by atoms with Crippen LogP contribution in [0.25, 0.3) is 17.4 Å². The van der Waals surface area contributed by atoms with Gasteiger partial charge in [-0.1, -0.05) is 42.0 Å². The molecule has 1 aromatic heterocycles. The van der Waals surface area contributed by atoms with Gasteiger partial charge in [0.1, 0.15) is 16.5 Å². The Bertz CT molecular complexity index is 714. The fraction of sp³-hybridized carbons (Fsp3) is 0.0667. The third-order valence-electron chi connectivity index (χ3n) is 2.88. The van der Waals surface area contributed by atoms with E-state index in [4.69, 9.17) is 16.6 Å². The van der Waals surface area contributed by atoms with Gasteiger partial charge in [0.15, 0.2) is 0 Å². The van der Waals surface area contributed by atoms with Crippen molar-refractivity contribution in [3.8, 4) is 11.3 Å². The van der Waals surface area contributed by atoms with Gasteiger partial charge in [-0.15, -0.1) is 0 Å². The number of carbonyl (C=O) groups is 1. The minimum Gasteiger partial charge on any atom is -0.457 e. The van der Waals surface area contributed by atoms with E-state index in [-0.39, 0.29) is 5.24 Å². The normalized spacial score (nSPS) is 16.8. The molecule has 1 saturated heterocycles. The molecule has 2 heterocycles. The van der Waals surface area contributed by atoms with Crippen molar-refractivity contribution in [1.29, 1.82) is 0 Å². The lowest BCUT2D eigenvalue weighted by atomic mass is 10.1. The summed E-state index contributed by atoms with van der Waals surface area (Å²) in [5, 5.41) is 2.43. The predicted octanol–water partition coefficient (Wildman–Crippen LogP) is 4.38. The van der Waals surface area contributed by atoms with Crippen LogP contribution < -0.4 is 5.32 Å². The monoisotopic (exact) mass is 301 g/mol. The summed E-state index contributed by atoms with van der Waals surface area (Å²) < 4.78 is 5.77. The highest BCUT2D eigenvalue weighted by atomic mass is 32.2. The van der Waals surface area contributed by atoms with E-state index in [1.165, 1.54) is 5.56 Å². The summed E-state index contributed by atoms with van der Waals surface area (Å²) in [6.45, 7) is 2.05. The van der Waals surface area contributed by atoms with Gasteiger partial charge in [0.05, 0.1) is 4.91 Å². The van der Waals surface area contributed by atoms with Gasteiger partial charge < -0.3 is 9.73 Å². The Balaban J connectivity index is 1.87. The Hall–Kier alpha value is -1.85. The Morgan fingerprint density at radius 3 is 2.60 bits per heavy atom. The highest BCUT2D eigenvalue weighted by Crippen LogP contribution is 2.29. The van der Waals surface area contributed by atoms with E-state index < -0.39 is 0 Å². The highest BCUT2D eigenvalue weighted by Gasteiger charge is 2.21. The van der Waals surface area contributed by atoms with Crippen molar-refractivity contribution in [3.05, 3.63) is 52.6 Å². The number of thiocarbonyl (C=S) groups is 1. The number of hydrogen-bond acceptors (Lipinski definition) is 4. The molecule has 1 aliphatic rings. The van der Waals surface area contributed by atoms with Gasteiger partial charge in [0.25, 0.3) is 5.24 Å². The molecule has 0 bridgehead atoms. The van der Waals surface area contributed by atoms with Crippen molar-refractivity contribution in [2.75, 3.05) is 0 Å². The largest absolute Gasteiger partial charge is 0.457 e. The first-order valence-corrected chi connectivity index (χ1v) is 7.26. The molecule has 1 amide bonds. The lowest BCUT2D eigenvalue weighted by molar-refractivity contribution is 0.265. The Morgan fingerprint density at radius 1 is 1.20 bits per heavy atom. The summed E-state index contributed by atoms with van der Waals surface area (Å²) in [7, 11) is 0. The molecule has 3 nitrogen and oxygen atoms in total. The van der Waals surface area contributed by atoms with Gasteiger partial charge in [0, 0.05) is 5.56 Å². The molecule has 0 saturated carbocycles. The fourth-order valence-electron chi connectivity index (χ4n) is 1.85. The Kier molecular flexibility index (Phi) is 3.46. The van der Waals surface area contributed by atoms with Crippen LogP contribution in [0.3, 0.4) is 0 Å². The van der Waals surface area contributed by atoms with Crippen molar-refractivity contribution in [3.63, 3.8) is 0 Å². The lowest BCUT2D eigenvalue weighted by Crippen LogP contribution is -2.15. The zero-order chi connectivity index (χ0) is 14.1. The van der Waals surface area contributed by atoms with E-state index in [1.54, 1.807) is 6.08 Å².